The molecule has 1 aromatic carbocycles. The Morgan fingerprint density at radius 2 is 1.86 bits per heavy atom. The maximum Gasteiger partial charge on any atom is 0.333 e. The number of esters is 2. The molecule has 6 nitrogen and oxygen atoms in total. The quantitative estimate of drug-likeness (QED) is 0.638. The van der Waals surface area contributed by atoms with Crippen LogP contribution in [0, 0.1) is 0 Å². The molecule has 0 saturated heterocycles. The van der Waals surface area contributed by atoms with E-state index < -0.39 is 18.0 Å². The first kappa shape index (κ1) is 16.7. The second-order valence-corrected chi connectivity index (χ2v) is 4.43. The van der Waals surface area contributed by atoms with Crippen LogP contribution < -0.4 is 10.1 Å². The number of benzene rings is 1. The Morgan fingerprint density at radius 3 is 2.43 bits per heavy atom. The summed E-state index contributed by atoms with van der Waals surface area (Å²) >= 11 is 0. The molecule has 114 valence electrons. The van der Waals surface area contributed by atoms with Gasteiger partial charge in [-0.25, -0.2) is 4.79 Å². The molecule has 1 aromatic rings. The normalized spacial score (nSPS) is 11.4. The monoisotopic (exact) mass is 293 g/mol. The van der Waals surface area contributed by atoms with Crippen LogP contribution in [0.4, 0.5) is 0 Å². The van der Waals surface area contributed by atoms with Crippen molar-refractivity contribution in [1.29, 1.82) is 0 Å². The smallest absolute Gasteiger partial charge is 0.333 e. The first-order valence-electron chi connectivity index (χ1n) is 6.66. The summed E-state index contributed by atoms with van der Waals surface area (Å²) in [6.45, 7) is 4.69. The van der Waals surface area contributed by atoms with E-state index in [-0.39, 0.29) is 18.3 Å². The van der Waals surface area contributed by atoms with Gasteiger partial charge < -0.3 is 14.8 Å². The van der Waals surface area contributed by atoms with Gasteiger partial charge in [-0.3, -0.25) is 9.59 Å². The highest BCUT2D eigenvalue weighted by atomic mass is 16.5. The van der Waals surface area contributed by atoms with Crippen LogP contribution in [0.25, 0.3) is 0 Å². The molecule has 0 fully saturated rings. The fourth-order valence-corrected chi connectivity index (χ4v) is 1.72. The lowest BCUT2D eigenvalue weighted by Crippen LogP contribution is -2.34. The Morgan fingerprint density at radius 1 is 1.19 bits per heavy atom. The van der Waals surface area contributed by atoms with Crippen molar-refractivity contribution in [2.45, 2.75) is 33.2 Å². The summed E-state index contributed by atoms with van der Waals surface area (Å²) in [5.41, 5.74) is 0.379. The van der Waals surface area contributed by atoms with Crippen LogP contribution in [0.1, 0.15) is 38.8 Å². The van der Waals surface area contributed by atoms with Crippen LogP contribution in [-0.4, -0.2) is 24.5 Å². The van der Waals surface area contributed by atoms with E-state index in [9.17, 15) is 14.4 Å². The van der Waals surface area contributed by atoms with Crippen molar-refractivity contribution in [3.05, 3.63) is 29.8 Å². The van der Waals surface area contributed by atoms with Gasteiger partial charge in [0, 0.05) is 19.4 Å². The van der Waals surface area contributed by atoms with Gasteiger partial charge in [0.25, 0.3) is 0 Å². The molecule has 1 rings (SSSR count). The van der Waals surface area contributed by atoms with E-state index >= 15 is 0 Å². The predicted molar refractivity (Wildman–Crippen MR) is 75.6 cm³/mol. The van der Waals surface area contributed by atoms with Gasteiger partial charge in [-0.15, -0.1) is 0 Å². The third kappa shape index (κ3) is 5.25. The van der Waals surface area contributed by atoms with Gasteiger partial charge in [-0.1, -0.05) is 25.1 Å². The van der Waals surface area contributed by atoms with Gasteiger partial charge in [0.1, 0.15) is 5.75 Å². The van der Waals surface area contributed by atoms with Crippen molar-refractivity contribution in [2.75, 3.05) is 6.61 Å². The number of para-hydroxylation sites is 1. The highest BCUT2D eigenvalue weighted by molar-refractivity contribution is 5.85. The molecule has 0 heterocycles. The molecule has 0 aromatic heterocycles. The maximum atomic E-state index is 12.1. The van der Waals surface area contributed by atoms with E-state index in [2.05, 4.69) is 5.32 Å². The molecular weight excluding hydrogens is 274 g/mol. The van der Waals surface area contributed by atoms with Crippen molar-refractivity contribution >= 4 is 17.8 Å². The van der Waals surface area contributed by atoms with E-state index in [4.69, 9.17) is 9.47 Å². The fraction of sp³-hybridized carbons (Fsp3) is 0.400. The van der Waals surface area contributed by atoms with Crippen LogP contribution in [0.5, 0.6) is 5.75 Å². The molecular formula is C15H19NO5. The number of amides is 1. The van der Waals surface area contributed by atoms with Crippen molar-refractivity contribution < 1.29 is 23.9 Å². The minimum Gasteiger partial charge on any atom is -0.464 e. The second-order valence-electron chi connectivity index (χ2n) is 4.43. The zero-order valence-electron chi connectivity index (χ0n) is 12.3. The zero-order chi connectivity index (χ0) is 15.8. The lowest BCUT2D eigenvalue weighted by atomic mass is 10.1. The van der Waals surface area contributed by atoms with Gasteiger partial charge in [0.05, 0.1) is 6.61 Å². The average molecular weight is 293 g/mol. The minimum absolute atomic E-state index is 0.220. The number of ether oxygens (including phenoxy) is 2. The Balaban J connectivity index is 3.10. The summed E-state index contributed by atoms with van der Waals surface area (Å²) in [6, 6.07) is 5.50. The lowest BCUT2D eigenvalue weighted by Gasteiger charge is -2.19. The number of hydrogen-bond donors (Lipinski definition) is 1. The molecule has 21 heavy (non-hydrogen) atoms. The third-order valence-corrected chi connectivity index (χ3v) is 2.52. The average Bonchev–Trinajstić information content (AvgIpc) is 2.42. The number of hydrogen-bond acceptors (Lipinski definition) is 5. The van der Waals surface area contributed by atoms with Crippen molar-refractivity contribution in [3.63, 3.8) is 0 Å². The molecule has 0 spiro atoms. The summed E-state index contributed by atoms with van der Waals surface area (Å²) in [7, 11) is 0. The fourth-order valence-electron chi connectivity index (χ4n) is 1.72. The third-order valence-electron chi connectivity index (χ3n) is 2.52. The topological polar surface area (TPSA) is 81.7 Å². The Labute approximate surface area is 123 Å². The van der Waals surface area contributed by atoms with E-state index in [0.29, 0.717) is 12.0 Å². The molecule has 0 radical (unpaired) electrons. The molecule has 1 atom stereocenters. The highest BCUT2D eigenvalue weighted by Crippen LogP contribution is 2.26. The van der Waals surface area contributed by atoms with Crippen molar-refractivity contribution in [2.24, 2.45) is 0 Å². The molecule has 0 bridgehead atoms. The summed E-state index contributed by atoms with van der Waals surface area (Å²) < 4.78 is 10.1. The van der Waals surface area contributed by atoms with Crippen LogP contribution in [-0.2, 0) is 19.1 Å². The number of nitrogens with one attached hydrogen (secondary N) is 1. The Kier molecular flexibility index (Phi) is 6.39. The summed E-state index contributed by atoms with van der Waals surface area (Å²) in [5.74, 6) is -1.26. The molecule has 1 amide bonds. The van der Waals surface area contributed by atoms with E-state index in [1.165, 1.54) is 13.8 Å². The standard InChI is InChI=1S/C15H19NO5/c1-4-9-20-15(19)14(16-10(2)17)12-7-5-6-8-13(12)21-11(3)18/h5-8,14H,4,9H2,1-3H3,(H,16,17). The predicted octanol–water partition coefficient (Wildman–Crippen LogP) is 1.74. The maximum absolute atomic E-state index is 12.1. The first-order chi connectivity index (χ1) is 9.95. The van der Waals surface area contributed by atoms with Crippen LogP contribution >= 0.6 is 0 Å². The van der Waals surface area contributed by atoms with Gasteiger partial charge in [0.15, 0.2) is 6.04 Å². The molecule has 6 heteroatoms. The van der Waals surface area contributed by atoms with Gasteiger partial charge >= 0.3 is 11.9 Å². The lowest BCUT2D eigenvalue weighted by molar-refractivity contribution is -0.148. The molecule has 0 aliphatic heterocycles. The highest BCUT2D eigenvalue weighted by Gasteiger charge is 2.26. The molecule has 0 saturated carbocycles. The number of rotatable bonds is 6. The van der Waals surface area contributed by atoms with Crippen molar-refractivity contribution in [3.8, 4) is 5.75 Å². The summed E-state index contributed by atoms with van der Waals surface area (Å²) in [6.07, 6.45) is 0.671. The zero-order valence-corrected chi connectivity index (χ0v) is 12.3. The van der Waals surface area contributed by atoms with E-state index in [1.807, 2.05) is 6.92 Å². The molecule has 1 unspecified atom stereocenters. The van der Waals surface area contributed by atoms with E-state index in [0.717, 1.165) is 0 Å². The molecule has 0 aliphatic rings. The summed E-state index contributed by atoms with van der Waals surface area (Å²) in [4.78, 5) is 34.5. The number of carbonyl (C=O) groups excluding carboxylic acids is 3. The Bertz CT molecular complexity index is 527. The molecule has 1 N–H and O–H groups in total. The largest absolute Gasteiger partial charge is 0.464 e. The molecule has 0 aliphatic carbocycles. The number of carbonyl (C=O) groups is 3. The van der Waals surface area contributed by atoms with E-state index in [1.54, 1.807) is 24.3 Å². The second kappa shape index (κ2) is 8.04. The van der Waals surface area contributed by atoms with Crippen LogP contribution in [0.3, 0.4) is 0 Å². The van der Waals surface area contributed by atoms with Gasteiger partial charge in [-0.05, 0) is 12.5 Å². The Hall–Kier alpha value is -2.37. The SMILES string of the molecule is CCCOC(=O)C(NC(C)=O)c1ccccc1OC(C)=O. The summed E-state index contributed by atoms with van der Waals surface area (Å²) in [5, 5.41) is 2.51. The van der Waals surface area contributed by atoms with Crippen LogP contribution in [0.15, 0.2) is 24.3 Å². The van der Waals surface area contributed by atoms with Crippen LogP contribution in [0.2, 0.25) is 0 Å². The van der Waals surface area contributed by atoms with Crippen molar-refractivity contribution in [1.82, 2.24) is 5.32 Å². The minimum atomic E-state index is -1.01. The first-order valence-corrected chi connectivity index (χ1v) is 6.66. The van der Waals surface area contributed by atoms with Gasteiger partial charge in [-0.2, -0.15) is 0 Å². The van der Waals surface area contributed by atoms with Gasteiger partial charge in [0.2, 0.25) is 5.91 Å².